The zero-order chi connectivity index (χ0) is 12.2. The number of hydrogen-bond acceptors (Lipinski definition) is 6. The summed E-state index contributed by atoms with van der Waals surface area (Å²) in [5.41, 5.74) is 0.557. The first kappa shape index (κ1) is 12.2. The van der Waals surface area contributed by atoms with Crippen molar-refractivity contribution in [2.75, 3.05) is 17.6 Å². The number of rotatable bonds is 4. The number of ether oxygens (including phenoxy) is 1. The van der Waals surface area contributed by atoms with Crippen LogP contribution in [0.25, 0.3) is 0 Å². The maximum atomic E-state index is 11.3. The Bertz CT molecular complexity index is 521. The second-order valence-electron chi connectivity index (χ2n) is 2.89. The minimum atomic E-state index is -3.72. The van der Waals surface area contributed by atoms with Gasteiger partial charge < -0.3 is 4.74 Å². The van der Waals surface area contributed by atoms with Crippen molar-refractivity contribution in [2.24, 2.45) is 0 Å². The van der Waals surface area contributed by atoms with Gasteiger partial charge in [-0.05, 0) is 6.92 Å². The predicted molar refractivity (Wildman–Crippen MR) is 56.3 cm³/mol. The maximum absolute atomic E-state index is 11.3. The molecule has 0 aliphatic carbocycles. The molecule has 0 amide bonds. The number of nitrogens with zero attached hydrogens (tertiary/aromatic N) is 3. The summed E-state index contributed by atoms with van der Waals surface area (Å²) in [5, 5.41) is 8.30. The molecule has 0 spiro atoms. The largest absolute Gasteiger partial charge is 0.481 e. The normalized spacial score (nSPS) is 10.6. The van der Waals surface area contributed by atoms with Crippen molar-refractivity contribution in [1.82, 2.24) is 9.97 Å². The van der Waals surface area contributed by atoms with E-state index in [0.717, 1.165) is 0 Å². The molecule has 0 saturated carbocycles. The van der Waals surface area contributed by atoms with E-state index in [1.807, 2.05) is 0 Å². The van der Waals surface area contributed by atoms with Crippen LogP contribution in [0, 0.1) is 18.3 Å². The molecule has 0 bridgehead atoms. The monoisotopic (exact) mass is 242 g/mol. The molecule has 1 rings (SSSR count). The van der Waals surface area contributed by atoms with Crippen LogP contribution in [0.5, 0.6) is 5.88 Å². The maximum Gasteiger partial charge on any atom is 0.248 e. The molecule has 0 aliphatic heterocycles. The van der Waals surface area contributed by atoms with Crippen LogP contribution in [-0.4, -0.2) is 31.2 Å². The molecule has 0 fully saturated rings. The average molecular weight is 242 g/mol. The van der Waals surface area contributed by atoms with Gasteiger partial charge in [-0.15, -0.1) is 0 Å². The number of anilines is 1. The van der Waals surface area contributed by atoms with Crippen molar-refractivity contribution in [2.45, 2.75) is 6.92 Å². The highest BCUT2D eigenvalue weighted by molar-refractivity contribution is 7.92. The lowest BCUT2D eigenvalue weighted by Gasteiger charge is -2.06. The molecule has 0 aliphatic rings. The van der Waals surface area contributed by atoms with Crippen LogP contribution in [0.15, 0.2) is 6.07 Å². The molecule has 1 aromatic rings. The molecule has 0 saturated heterocycles. The molecular formula is C8H10N4O3S. The molecule has 1 heterocycles. The molecule has 86 valence electrons. The molecule has 8 heteroatoms. The molecule has 0 radical (unpaired) electrons. The van der Waals surface area contributed by atoms with E-state index in [-0.39, 0.29) is 11.8 Å². The van der Waals surface area contributed by atoms with Crippen LogP contribution in [0.2, 0.25) is 0 Å². The first-order valence-electron chi connectivity index (χ1n) is 4.24. The van der Waals surface area contributed by atoms with Gasteiger partial charge in [0.05, 0.1) is 13.2 Å². The minimum absolute atomic E-state index is 0.105. The second-order valence-corrected chi connectivity index (χ2v) is 4.62. The highest BCUT2D eigenvalue weighted by Gasteiger charge is 2.12. The summed E-state index contributed by atoms with van der Waals surface area (Å²) in [7, 11) is -2.31. The standard InChI is InChI=1S/C8H10N4O3S/c1-6-5-7(15-2)11-8(10-6)12-16(13,14)4-3-9/h5H,4H2,1-2H3,(H,10,11,12). The Morgan fingerprint density at radius 2 is 2.25 bits per heavy atom. The topological polar surface area (TPSA) is 105 Å². The Kier molecular flexibility index (Phi) is 3.63. The van der Waals surface area contributed by atoms with Gasteiger partial charge in [-0.3, -0.25) is 4.72 Å². The third kappa shape index (κ3) is 3.36. The van der Waals surface area contributed by atoms with Gasteiger partial charge in [-0.1, -0.05) is 0 Å². The third-order valence-electron chi connectivity index (χ3n) is 1.54. The summed E-state index contributed by atoms with van der Waals surface area (Å²) in [6.45, 7) is 1.67. The number of aromatic nitrogens is 2. The van der Waals surface area contributed by atoms with E-state index in [2.05, 4.69) is 14.7 Å². The lowest BCUT2D eigenvalue weighted by Crippen LogP contribution is -2.17. The van der Waals surface area contributed by atoms with Gasteiger partial charge >= 0.3 is 0 Å². The van der Waals surface area contributed by atoms with Crippen LogP contribution in [-0.2, 0) is 10.0 Å². The predicted octanol–water partition coefficient (Wildman–Crippen LogP) is 0.0589. The van der Waals surface area contributed by atoms with Crippen molar-refractivity contribution in [3.8, 4) is 11.9 Å². The average Bonchev–Trinajstić information content (AvgIpc) is 2.15. The Hall–Kier alpha value is -1.88. The lowest BCUT2D eigenvalue weighted by molar-refractivity contribution is 0.397. The van der Waals surface area contributed by atoms with Gasteiger partial charge in [-0.2, -0.15) is 10.2 Å². The van der Waals surface area contributed by atoms with E-state index in [4.69, 9.17) is 10.00 Å². The second kappa shape index (κ2) is 4.76. The third-order valence-corrected chi connectivity index (χ3v) is 2.54. The van der Waals surface area contributed by atoms with Gasteiger partial charge in [0.1, 0.15) is 0 Å². The van der Waals surface area contributed by atoms with Gasteiger partial charge in [0, 0.05) is 11.8 Å². The zero-order valence-corrected chi connectivity index (χ0v) is 9.58. The number of aryl methyl sites for hydroxylation is 1. The van der Waals surface area contributed by atoms with Gasteiger partial charge in [0.25, 0.3) is 0 Å². The van der Waals surface area contributed by atoms with E-state index < -0.39 is 15.8 Å². The van der Waals surface area contributed by atoms with Gasteiger partial charge in [0.2, 0.25) is 21.9 Å². The Balaban J connectivity index is 2.98. The summed E-state index contributed by atoms with van der Waals surface area (Å²) in [4.78, 5) is 7.64. The number of nitrogens with one attached hydrogen (secondary N) is 1. The molecule has 0 unspecified atom stereocenters. The number of sulfonamides is 1. The molecule has 0 atom stereocenters. The zero-order valence-electron chi connectivity index (χ0n) is 8.76. The number of hydrogen-bond donors (Lipinski definition) is 1. The minimum Gasteiger partial charge on any atom is -0.481 e. The number of methoxy groups -OCH3 is 1. The van der Waals surface area contributed by atoms with E-state index in [0.29, 0.717) is 5.69 Å². The molecule has 7 nitrogen and oxygen atoms in total. The van der Waals surface area contributed by atoms with E-state index in [1.54, 1.807) is 13.0 Å². The van der Waals surface area contributed by atoms with Crippen molar-refractivity contribution >= 4 is 16.0 Å². The van der Waals surface area contributed by atoms with Crippen LogP contribution in [0.3, 0.4) is 0 Å². The fraction of sp³-hybridized carbons (Fsp3) is 0.375. The highest BCUT2D eigenvalue weighted by atomic mass is 32.2. The van der Waals surface area contributed by atoms with E-state index >= 15 is 0 Å². The van der Waals surface area contributed by atoms with Gasteiger partial charge in [0.15, 0.2) is 5.75 Å². The van der Waals surface area contributed by atoms with Crippen molar-refractivity contribution in [1.29, 1.82) is 5.26 Å². The van der Waals surface area contributed by atoms with Gasteiger partial charge in [-0.25, -0.2) is 13.4 Å². The first-order valence-corrected chi connectivity index (χ1v) is 5.89. The summed E-state index contributed by atoms with van der Waals surface area (Å²) < 4.78 is 29.5. The summed E-state index contributed by atoms with van der Waals surface area (Å²) in [6, 6.07) is 3.09. The fourth-order valence-electron chi connectivity index (χ4n) is 0.950. The molecule has 1 N–H and O–H groups in total. The number of nitriles is 1. The van der Waals surface area contributed by atoms with Crippen molar-refractivity contribution in [3.05, 3.63) is 11.8 Å². The Morgan fingerprint density at radius 3 is 2.81 bits per heavy atom. The van der Waals surface area contributed by atoms with E-state index in [1.165, 1.54) is 13.2 Å². The fourth-order valence-corrected chi connectivity index (χ4v) is 1.56. The quantitative estimate of drug-likeness (QED) is 0.800. The lowest BCUT2D eigenvalue weighted by atomic mass is 10.4. The molecule has 16 heavy (non-hydrogen) atoms. The summed E-state index contributed by atoms with van der Waals surface area (Å²) >= 11 is 0. The summed E-state index contributed by atoms with van der Waals surface area (Å²) in [5.74, 6) is -0.499. The SMILES string of the molecule is COc1cc(C)nc(NS(=O)(=O)CC#N)n1. The smallest absolute Gasteiger partial charge is 0.248 e. The van der Waals surface area contributed by atoms with Crippen LogP contribution >= 0.6 is 0 Å². The molecular weight excluding hydrogens is 232 g/mol. The van der Waals surface area contributed by atoms with Crippen molar-refractivity contribution < 1.29 is 13.2 Å². The van der Waals surface area contributed by atoms with Crippen molar-refractivity contribution in [3.63, 3.8) is 0 Å². The first-order chi connectivity index (χ1) is 7.46. The van der Waals surface area contributed by atoms with Crippen LogP contribution < -0.4 is 9.46 Å². The summed E-state index contributed by atoms with van der Waals surface area (Å²) in [6.07, 6.45) is 0. The Morgan fingerprint density at radius 1 is 1.56 bits per heavy atom. The molecule has 0 aromatic carbocycles. The van der Waals surface area contributed by atoms with E-state index in [9.17, 15) is 8.42 Å². The molecule has 1 aromatic heterocycles. The Labute approximate surface area is 93.1 Å². The van der Waals surface area contributed by atoms with Crippen LogP contribution in [0.4, 0.5) is 5.95 Å². The van der Waals surface area contributed by atoms with Crippen LogP contribution in [0.1, 0.15) is 5.69 Å². The highest BCUT2D eigenvalue weighted by Crippen LogP contribution is 2.12.